The van der Waals surface area contributed by atoms with Crippen molar-refractivity contribution in [2.75, 3.05) is 0 Å². The first-order chi connectivity index (χ1) is 12.2. The lowest BCUT2D eigenvalue weighted by molar-refractivity contribution is 0.188. The fourth-order valence-corrected chi connectivity index (χ4v) is 5.00. The lowest BCUT2D eigenvalue weighted by Gasteiger charge is -2.23. The van der Waals surface area contributed by atoms with E-state index in [0.717, 1.165) is 5.56 Å². The molecule has 2 aromatic rings. The summed E-state index contributed by atoms with van der Waals surface area (Å²) in [5.74, 6) is -12.5. The van der Waals surface area contributed by atoms with E-state index in [1.54, 1.807) is 6.07 Å². The molecule has 3 atom stereocenters. The van der Waals surface area contributed by atoms with E-state index in [9.17, 15) is 30.4 Å². The molecule has 1 fully saturated rings. The van der Waals surface area contributed by atoms with Gasteiger partial charge < -0.3 is 0 Å². The van der Waals surface area contributed by atoms with Gasteiger partial charge in [-0.15, -0.1) is 0 Å². The first kappa shape index (κ1) is 17.3. The van der Waals surface area contributed by atoms with Crippen molar-refractivity contribution < 1.29 is 34.6 Å². The number of hydrogen-bond donors (Lipinski definition) is 0. The minimum absolute atomic E-state index is 0.0275. The topological polar surface area (TPSA) is 56.3 Å². The Kier molecular flexibility index (Phi) is 3.81. The Morgan fingerprint density at radius 3 is 2.23 bits per heavy atom. The standard InChI is InChI=1S/C16H10F5NO3S/c17-10-11(18)13(20)16(14(21)12(10)19)26(23,24)25-9-5-6-4-8(9)15-7(6)2-1-3-22-15/h1-3,6,8-9H,4-5H2/t6-,8+,9+/m1/s1. The SMILES string of the molecule is O=S(=O)(O[C@H]1C[C@H]2C[C@@H]1c1ncccc12)c1c(F)c(F)c(F)c(F)c1F. The largest absolute Gasteiger partial charge is 0.303 e. The molecule has 26 heavy (non-hydrogen) atoms. The van der Waals surface area contributed by atoms with Crippen molar-refractivity contribution in [1.29, 1.82) is 0 Å². The van der Waals surface area contributed by atoms with Crippen molar-refractivity contribution in [3.8, 4) is 0 Å². The molecule has 2 aliphatic carbocycles. The summed E-state index contributed by atoms with van der Waals surface area (Å²) in [5.41, 5.74) is 1.58. The molecule has 1 aromatic heterocycles. The monoisotopic (exact) mass is 391 g/mol. The number of aromatic nitrogens is 1. The lowest BCUT2D eigenvalue weighted by Crippen LogP contribution is -2.26. The van der Waals surface area contributed by atoms with Gasteiger partial charge in [0.2, 0.25) is 5.82 Å². The van der Waals surface area contributed by atoms with E-state index in [-0.39, 0.29) is 12.3 Å². The van der Waals surface area contributed by atoms with Crippen LogP contribution < -0.4 is 0 Å². The molecule has 0 saturated heterocycles. The Morgan fingerprint density at radius 1 is 0.962 bits per heavy atom. The average molecular weight is 391 g/mol. The smallest absolute Gasteiger partial charge is 0.262 e. The molecule has 1 heterocycles. The van der Waals surface area contributed by atoms with Crippen LogP contribution >= 0.6 is 0 Å². The Morgan fingerprint density at radius 2 is 1.58 bits per heavy atom. The third-order valence-corrected chi connectivity index (χ3v) is 6.20. The minimum atomic E-state index is -5.22. The van der Waals surface area contributed by atoms with Gasteiger partial charge in [0.1, 0.15) is 0 Å². The maximum Gasteiger partial charge on any atom is 0.303 e. The highest BCUT2D eigenvalue weighted by Gasteiger charge is 2.48. The summed E-state index contributed by atoms with van der Waals surface area (Å²) in [6, 6.07) is 3.59. The van der Waals surface area contributed by atoms with Gasteiger partial charge in [0.25, 0.3) is 0 Å². The number of benzene rings is 1. The second kappa shape index (κ2) is 5.71. The van der Waals surface area contributed by atoms with Crippen molar-refractivity contribution in [3.63, 3.8) is 0 Å². The van der Waals surface area contributed by atoms with Crippen molar-refractivity contribution in [3.05, 3.63) is 58.7 Å². The van der Waals surface area contributed by atoms with Gasteiger partial charge in [-0.25, -0.2) is 22.0 Å². The molecule has 1 saturated carbocycles. The van der Waals surface area contributed by atoms with Crippen LogP contribution in [0, 0.1) is 29.1 Å². The molecule has 0 amide bonds. The summed E-state index contributed by atoms with van der Waals surface area (Å²) < 4.78 is 96.7. The first-order valence-electron chi connectivity index (χ1n) is 7.62. The number of fused-ring (bicyclic) bond motifs is 5. The van der Waals surface area contributed by atoms with E-state index in [1.807, 2.05) is 6.07 Å². The maximum atomic E-state index is 13.8. The molecule has 0 N–H and O–H groups in total. The van der Waals surface area contributed by atoms with Gasteiger partial charge in [0.05, 0.1) is 6.10 Å². The van der Waals surface area contributed by atoms with Gasteiger partial charge in [0, 0.05) is 17.8 Å². The normalized spacial score (nSPS) is 24.1. The molecular weight excluding hydrogens is 381 g/mol. The number of halogens is 5. The number of hydrogen-bond acceptors (Lipinski definition) is 4. The van der Waals surface area contributed by atoms with Crippen LogP contribution in [0.1, 0.15) is 35.9 Å². The van der Waals surface area contributed by atoms with E-state index in [0.29, 0.717) is 12.1 Å². The summed E-state index contributed by atoms with van der Waals surface area (Å²) in [6.45, 7) is 0. The molecule has 0 unspecified atom stereocenters. The Labute approximate surface area is 144 Å². The van der Waals surface area contributed by atoms with Crippen LogP contribution in [0.2, 0.25) is 0 Å². The number of nitrogens with zero attached hydrogens (tertiary/aromatic N) is 1. The van der Waals surface area contributed by atoms with Gasteiger partial charge >= 0.3 is 10.1 Å². The highest BCUT2D eigenvalue weighted by Crippen LogP contribution is 2.53. The van der Waals surface area contributed by atoms with Crippen LogP contribution in [0.3, 0.4) is 0 Å². The first-order valence-corrected chi connectivity index (χ1v) is 9.02. The van der Waals surface area contributed by atoms with E-state index in [2.05, 4.69) is 4.98 Å². The van der Waals surface area contributed by atoms with E-state index in [1.165, 1.54) is 6.20 Å². The molecule has 1 aromatic carbocycles. The Bertz CT molecular complexity index is 998. The molecule has 0 radical (unpaired) electrons. The highest BCUT2D eigenvalue weighted by molar-refractivity contribution is 7.86. The Balaban J connectivity index is 1.71. The summed E-state index contributed by atoms with van der Waals surface area (Å²) >= 11 is 0. The molecule has 0 spiro atoms. The van der Waals surface area contributed by atoms with Gasteiger partial charge in [-0.3, -0.25) is 9.17 Å². The van der Waals surface area contributed by atoms with E-state index in [4.69, 9.17) is 4.18 Å². The third-order valence-electron chi connectivity index (χ3n) is 4.84. The second-order valence-electron chi connectivity index (χ2n) is 6.24. The molecule has 2 aliphatic rings. The van der Waals surface area contributed by atoms with Gasteiger partial charge in [-0.05, 0) is 30.4 Å². The van der Waals surface area contributed by atoms with Crippen LogP contribution in [0.4, 0.5) is 22.0 Å². The number of pyridine rings is 1. The maximum absolute atomic E-state index is 13.8. The Hall–Kier alpha value is -2.07. The third kappa shape index (κ3) is 2.35. The van der Waals surface area contributed by atoms with Crippen LogP contribution in [-0.2, 0) is 14.3 Å². The molecule has 2 bridgehead atoms. The zero-order chi connectivity index (χ0) is 18.8. The molecule has 4 rings (SSSR count). The molecule has 10 heteroatoms. The van der Waals surface area contributed by atoms with Gasteiger partial charge in [-0.1, -0.05) is 6.07 Å². The summed E-state index contributed by atoms with van der Waals surface area (Å²) in [5, 5.41) is 0. The summed E-state index contributed by atoms with van der Waals surface area (Å²) in [7, 11) is -5.22. The van der Waals surface area contributed by atoms with Crippen molar-refractivity contribution in [1.82, 2.24) is 4.98 Å². The molecule has 4 nitrogen and oxygen atoms in total. The average Bonchev–Trinajstić information content (AvgIpc) is 3.16. The van der Waals surface area contributed by atoms with Crippen LogP contribution in [0.25, 0.3) is 0 Å². The van der Waals surface area contributed by atoms with Crippen LogP contribution in [0.15, 0.2) is 23.2 Å². The van der Waals surface area contributed by atoms with Crippen molar-refractivity contribution in [2.24, 2.45) is 0 Å². The highest BCUT2D eigenvalue weighted by atomic mass is 32.2. The van der Waals surface area contributed by atoms with Crippen molar-refractivity contribution >= 4 is 10.1 Å². The molecular formula is C16H10F5NO3S. The van der Waals surface area contributed by atoms with Gasteiger partial charge in [-0.2, -0.15) is 8.42 Å². The van der Waals surface area contributed by atoms with Crippen LogP contribution in [0.5, 0.6) is 0 Å². The van der Waals surface area contributed by atoms with E-state index >= 15 is 0 Å². The predicted octanol–water partition coefficient (Wildman–Crippen LogP) is 3.53. The van der Waals surface area contributed by atoms with Gasteiger partial charge in [0.15, 0.2) is 28.2 Å². The minimum Gasteiger partial charge on any atom is -0.262 e. The fraction of sp³-hybridized carbons (Fsp3) is 0.312. The zero-order valence-electron chi connectivity index (χ0n) is 12.8. The van der Waals surface area contributed by atoms with E-state index < -0.39 is 56.1 Å². The summed E-state index contributed by atoms with van der Waals surface area (Å²) in [6.07, 6.45) is 1.33. The lowest BCUT2D eigenvalue weighted by atomic mass is 9.94. The second-order valence-corrected chi connectivity index (χ2v) is 7.75. The zero-order valence-corrected chi connectivity index (χ0v) is 13.7. The van der Waals surface area contributed by atoms with Crippen molar-refractivity contribution in [2.45, 2.75) is 35.7 Å². The predicted molar refractivity (Wildman–Crippen MR) is 77.2 cm³/mol. The fourth-order valence-electron chi connectivity index (χ4n) is 3.75. The molecule has 138 valence electrons. The number of rotatable bonds is 3. The quantitative estimate of drug-likeness (QED) is 0.348. The summed E-state index contributed by atoms with van der Waals surface area (Å²) in [4.78, 5) is 2.20. The van der Waals surface area contributed by atoms with Crippen LogP contribution in [-0.4, -0.2) is 19.5 Å². The molecule has 0 aliphatic heterocycles.